The maximum absolute atomic E-state index is 13.0. The van der Waals surface area contributed by atoms with Gasteiger partial charge in [0.2, 0.25) is 5.78 Å². The van der Waals surface area contributed by atoms with Crippen molar-refractivity contribution in [2.75, 3.05) is 0 Å². The average molecular weight is 329 g/mol. The third-order valence-electron chi connectivity index (χ3n) is 3.49. The number of hydrogen-bond acceptors (Lipinski definition) is 4. The zero-order valence-corrected chi connectivity index (χ0v) is 13.1. The Kier molecular flexibility index (Phi) is 4.72. The third kappa shape index (κ3) is 3.82. The predicted molar refractivity (Wildman–Crippen MR) is 91.8 cm³/mol. The minimum Gasteiger partial charge on any atom is -0.288 e. The van der Waals surface area contributed by atoms with Gasteiger partial charge in [0.1, 0.15) is 17.5 Å². The second-order valence-electron chi connectivity index (χ2n) is 5.21. The van der Waals surface area contributed by atoms with Crippen LogP contribution in [-0.4, -0.2) is 15.8 Å². The van der Waals surface area contributed by atoms with Crippen molar-refractivity contribution in [1.82, 2.24) is 9.97 Å². The molecule has 0 atom stereocenters. The molecule has 3 aromatic rings. The highest BCUT2D eigenvalue weighted by atomic mass is 19.1. The fourth-order valence-corrected chi connectivity index (χ4v) is 2.22. The maximum Gasteiger partial charge on any atom is 0.203 e. The third-order valence-corrected chi connectivity index (χ3v) is 3.49. The standard InChI is InChI=1S/C20H12FN3O/c21-18-8-6-15(7-9-18)19(25)17(11-22)10-14-12-23-20(24-13-14)16-4-2-1-3-5-16/h1-10,12-13H/b17-10+. The van der Waals surface area contributed by atoms with Crippen LogP contribution in [0.2, 0.25) is 0 Å². The number of nitrogens with zero attached hydrogens (tertiary/aromatic N) is 3. The number of carbonyl (C=O) groups excluding carboxylic acids is 1. The SMILES string of the molecule is N#C/C(=C\c1cnc(-c2ccccc2)nc1)C(=O)c1ccc(F)cc1. The van der Waals surface area contributed by atoms with E-state index in [9.17, 15) is 14.4 Å². The van der Waals surface area contributed by atoms with Gasteiger partial charge in [0, 0.05) is 29.1 Å². The number of hydrogen-bond donors (Lipinski definition) is 0. The van der Waals surface area contributed by atoms with Gasteiger partial charge in [-0.25, -0.2) is 14.4 Å². The molecule has 120 valence electrons. The van der Waals surface area contributed by atoms with Crippen molar-refractivity contribution in [1.29, 1.82) is 5.26 Å². The Bertz CT molecular complexity index is 957. The molecular formula is C20H12FN3O. The molecule has 0 saturated carbocycles. The molecule has 0 amide bonds. The van der Waals surface area contributed by atoms with Crippen LogP contribution in [0.1, 0.15) is 15.9 Å². The Morgan fingerprint density at radius 3 is 2.24 bits per heavy atom. The number of ketones is 1. The van der Waals surface area contributed by atoms with E-state index in [2.05, 4.69) is 9.97 Å². The quantitative estimate of drug-likeness (QED) is 0.411. The Hall–Kier alpha value is -3.65. The van der Waals surface area contributed by atoms with Crippen LogP contribution in [0.25, 0.3) is 17.5 Å². The molecule has 4 nitrogen and oxygen atoms in total. The lowest BCUT2D eigenvalue weighted by Crippen LogP contribution is -2.02. The first kappa shape index (κ1) is 16.2. The summed E-state index contributed by atoms with van der Waals surface area (Å²) in [5.74, 6) is -0.361. The molecule has 0 aliphatic carbocycles. The number of benzene rings is 2. The van der Waals surface area contributed by atoms with E-state index in [0.717, 1.165) is 5.56 Å². The number of aromatic nitrogens is 2. The first-order valence-corrected chi connectivity index (χ1v) is 7.47. The second kappa shape index (κ2) is 7.28. The van der Waals surface area contributed by atoms with Crippen LogP contribution in [0.3, 0.4) is 0 Å². The molecule has 0 aliphatic rings. The Morgan fingerprint density at radius 1 is 1.00 bits per heavy atom. The van der Waals surface area contributed by atoms with Gasteiger partial charge in [-0.2, -0.15) is 5.26 Å². The van der Waals surface area contributed by atoms with E-state index < -0.39 is 11.6 Å². The second-order valence-corrected chi connectivity index (χ2v) is 5.21. The van der Waals surface area contributed by atoms with Gasteiger partial charge >= 0.3 is 0 Å². The first-order valence-electron chi connectivity index (χ1n) is 7.47. The van der Waals surface area contributed by atoms with Crippen LogP contribution < -0.4 is 0 Å². The summed E-state index contributed by atoms with van der Waals surface area (Å²) in [5, 5.41) is 9.25. The summed E-state index contributed by atoms with van der Waals surface area (Å²) in [6.07, 6.45) is 4.51. The van der Waals surface area contributed by atoms with Gasteiger partial charge in [0.05, 0.1) is 0 Å². The fraction of sp³-hybridized carbons (Fsp3) is 0. The molecule has 0 spiro atoms. The van der Waals surface area contributed by atoms with Gasteiger partial charge < -0.3 is 0 Å². The molecular weight excluding hydrogens is 317 g/mol. The number of rotatable bonds is 4. The molecule has 1 aromatic heterocycles. The summed E-state index contributed by atoms with van der Waals surface area (Å²) < 4.78 is 13.0. The number of allylic oxidation sites excluding steroid dienone is 1. The molecule has 0 saturated heterocycles. The first-order chi connectivity index (χ1) is 12.2. The van der Waals surface area contributed by atoms with Gasteiger partial charge in [-0.1, -0.05) is 30.3 Å². The summed E-state index contributed by atoms with van der Waals surface area (Å²) in [5.41, 5.74) is 1.59. The predicted octanol–water partition coefficient (Wildman–Crippen LogP) is 4.07. The normalized spacial score (nSPS) is 11.0. The highest BCUT2D eigenvalue weighted by Gasteiger charge is 2.12. The maximum atomic E-state index is 13.0. The van der Waals surface area contributed by atoms with E-state index in [1.165, 1.54) is 30.3 Å². The van der Waals surface area contributed by atoms with Crippen LogP contribution in [0.15, 0.2) is 72.6 Å². The lowest BCUT2D eigenvalue weighted by Gasteiger charge is -2.01. The zero-order valence-electron chi connectivity index (χ0n) is 13.1. The van der Waals surface area contributed by atoms with E-state index in [0.29, 0.717) is 11.4 Å². The fourth-order valence-electron chi connectivity index (χ4n) is 2.22. The number of nitriles is 1. The molecule has 3 rings (SSSR count). The van der Waals surface area contributed by atoms with Gasteiger partial charge in [-0.05, 0) is 30.3 Å². The van der Waals surface area contributed by atoms with Gasteiger partial charge in [-0.3, -0.25) is 4.79 Å². The Morgan fingerprint density at radius 2 is 1.64 bits per heavy atom. The molecule has 0 N–H and O–H groups in total. The zero-order chi connectivity index (χ0) is 17.6. The highest BCUT2D eigenvalue weighted by Crippen LogP contribution is 2.16. The van der Waals surface area contributed by atoms with E-state index in [4.69, 9.17) is 0 Å². The van der Waals surface area contributed by atoms with Crippen LogP contribution in [-0.2, 0) is 0 Å². The molecule has 25 heavy (non-hydrogen) atoms. The van der Waals surface area contributed by atoms with Crippen molar-refractivity contribution in [2.45, 2.75) is 0 Å². The van der Waals surface area contributed by atoms with Crippen molar-refractivity contribution in [2.24, 2.45) is 0 Å². The molecule has 5 heteroatoms. The van der Waals surface area contributed by atoms with E-state index >= 15 is 0 Å². The molecule has 0 aliphatic heterocycles. The van der Waals surface area contributed by atoms with Crippen LogP contribution in [0, 0.1) is 17.1 Å². The minimum absolute atomic E-state index is 0.0670. The topological polar surface area (TPSA) is 66.6 Å². The summed E-state index contributed by atoms with van der Waals surface area (Å²) in [4.78, 5) is 20.8. The molecule has 0 radical (unpaired) electrons. The molecule has 0 bridgehead atoms. The van der Waals surface area contributed by atoms with Crippen LogP contribution >= 0.6 is 0 Å². The molecule has 2 aromatic carbocycles. The average Bonchev–Trinajstić information content (AvgIpc) is 2.67. The van der Waals surface area contributed by atoms with E-state index in [1.807, 2.05) is 36.4 Å². The van der Waals surface area contributed by atoms with Gasteiger partial charge in [-0.15, -0.1) is 0 Å². The Labute approximate surface area is 143 Å². The van der Waals surface area contributed by atoms with Crippen molar-refractivity contribution >= 4 is 11.9 Å². The summed E-state index contributed by atoms with van der Waals surface area (Å²) >= 11 is 0. The number of carbonyl (C=O) groups is 1. The largest absolute Gasteiger partial charge is 0.288 e. The summed E-state index contributed by atoms with van der Waals surface area (Å²) in [7, 11) is 0. The lowest BCUT2D eigenvalue weighted by molar-refractivity contribution is 0.104. The number of Topliss-reactive ketones (excluding diaryl/α,β-unsaturated/α-hetero) is 1. The minimum atomic E-state index is -0.477. The highest BCUT2D eigenvalue weighted by molar-refractivity contribution is 6.13. The van der Waals surface area contributed by atoms with Crippen molar-refractivity contribution in [3.63, 3.8) is 0 Å². The monoisotopic (exact) mass is 329 g/mol. The van der Waals surface area contributed by atoms with Crippen LogP contribution in [0.4, 0.5) is 4.39 Å². The smallest absolute Gasteiger partial charge is 0.203 e. The van der Waals surface area contributed by atoms with Gasteiger partial charge in [0.15, 0.2) is 5.82 Å². The number of halogens is 1. The van der Waals surface area contributed by atoms with Crippen molar-refractivity contribution in [3.8, 4) is 17.5 Å². The van der Waals surface area contributed by atoms with Gasteiger partial charge in [0.25, 0.3) is 0 Å². The van der Waals surface area contributed by atoms with Crippen molar-refractivity contribution < 1.29 is 9.18 Å². The summed E-state index contributed by atoms with van der Waals surface area (Å²) in [6.45, 7) is 0. The summed E-state index contributed by atoms with van der Waals surface area (Å²) in [6, 6.07) is 16.4. The van der Waals surface area contributed by atoms with E-state index in [1.54, 1.807) is 12.4 Å². The molecule has 0 unspecified atom stereocenters. The van der Waals surface area contributed by atoms with E-state index in [-0.39, 0.29) is 11.1 Å². The van der Waals surface area contributed by atoms with Crippen molar-refractivity contribution in [3.05, 3.63) is 89.5 Å². The van der Waals surface area contributed by atoms with Crippen LogP contribution in [0.5, 0.6) is 0 Å². The molecule has 1 heterocycles. The lowest BCUT2D eigenvalue weighted by atomic mass is 10.0. The molecule has 0 fully saturated rings. The Balaban J connectivity index is 1.86.